The number of anilines is 1. The van der Waals surface area contributed by atoms with Gasteiger partial charge in [0.25, 0.3) is 5.91 Å². The Balaban J connectivity index is 1.47. The first-order valence-corrected chi connectivity index (χ1v) is 11.4. The number of halogens is 3. The van der Waals surface area contributed by atoms with Gasteiger partial charge in [-0.05, 0) is 67.3 Å². The minimum atomic E-state index is -0.366. The number of hydrogen-bond acceptors (Lipinski definition) is 4. The number of hydrogen-bond donors (Lipinski definition) is 1. The highest BCUT2D eigenvalue weighted by Crippen LogP contribution is 2.42. The summed E-state index contributed by atoms with van der Waals surface area (Å²) < 4.78 is 5.62. The van der Waals surface area contributed by atoms with Crippen LogP contribution in [0.25, 0.3) is 16.7 Å². The predicted molar refractivity (Wildman–Crippen MR) is 133 cm³/mol. The molecule has 1 N–H and O–H groups in total. The Kier molecular flexibility index (Phi) is 6.79. The first-order chi connectivity index (χ1) is 15.8. The number of nitrogens with zero attached hydrogens (tertiary/aromatic N) is 3. The lowest BCUT2D eigenvalue weighted by molar-refractivity contribution is -0.118. The van der Waals surface area contributed by atoms with Crippen molar-refractivity contribution in [3.63, 3.8) is 0 Å². The molecule has 1 amide bonds. The molecule has 1 heterocycles. The molecule has 170 valence electrons. The summed E-state index contributed by atoms with van der Waals surface area (Å²) in [7, 11) is 0. The van der Waals surface area contributed by atoms with Crippen LogP contribution in [0.4, 0.5) is 5.69 Å². The first-order valence-electron chi connectivity index (χ1n) is 10.3. The van der Waals surface area contributed by atoms with Crippen molar-refractivity contribution >= 4 is 57.4 Å². The van der Waals surface area contributed by atoms with Gasteiger partial charge in [-0.1, -0.05) is 53.9 Å². The molecule has 0 saturated heterocycles. The van der Waals surface area contributed by atoms with E-state index in [1.807, 2.05) is 12.1 Å². The van der Waals surface area contributed by atoms with Gasteiger partial charge in [-0.25, -0.2) is 0 Å². The molecule has 0 fully saturated rings. The van der Waals surface area contributed by atoms with E-state index in [1.54, 1.807) is 36.8 Å². The lowest BCUT2D eigenvalue weighted by atomic mass is 10.1. The van der Waals surface area contributed by atoms with Crippen LogP contribution in [-0.4, -0.2) is 27.5 Å². The van der Waals surface area contributed by atoms with Gasteiger partial charge in [0.05, 0.1) is 15.7 Å². The molecule has 4 rings (SSSR count). The number of carbonyl (C=O) groups is 1. The summed E-state index contributed by atoms with van der Waals surface area (Å²) in [5.41, 5.74) is 5.35. The molecule has 0 radical (unpaired) electrons. The van der Waals surface area contributed by atoms with Crippen LogP contribution >= 0.6 is 34.8 Å². The van der Waals surface area contributed by atoms with Gasteiger partial charge in [0.15, 0.2) is 12.4 Å². The Labute approximate surface area is 206 Å². The maximum absolute atomic E-state index is 12.5. The number of amides is 1. The smallest absolute Gasteiger partial charge is 0.262 e. The van der Waals surface area contributed by atoms with E-state index in [0.29, 0.717) is 27.4 Å². The fraction of sp³-hybridized carbons (Fsp3) is 0.208. The highest BCUT2D eigenvalue weighted by Gasteiger charge is 2.19. The Morgan fingerprint density at radius 1 is 0.939 bits per heavy atom. The second kappa shape index (κ2) is 9.59. The minimum Gasteiger partial charge on any atom is -0.481 e. The predicted octanol–water partition coefficient (Wildman–Crippen LogP) is 6.58. The molecule has 4 aromatic rings. The van der Waals surface area contributed by atoms with Gasteiger partial charge in [-0.15, -0.1) is 10.2 Å². The number of aromatic nitrogens is 3. The van der Waals surface area contributed by atoms with Crippen LogP contribution in [0.5, 0.6) is 5.75 Å². The highest BCUT2D eigenvalue weighted by atomic mass is 35.5. The summed E-state index contributed by atoms with van der Waals surface area (Å²) >= 11 is 18.8. The number of fused-ring (bicyclic) bond motifs is 1. The molecule has 0 unspecified atom stereocenters. The average molecular weight is 504 g/mol. The van der Waals surface area contributed by atoms with Crippen molar-refractivity contribution in [3.8, 4) is 11.4 Å². The normalized spacial score (nSPS) is 11.1. The lowest BCUT2D eigenvalue weighted by Crippen LogP contribution is -2.20. The molecule has 0 aliphatic carbocycles. The van der Waals surface area contributed by atoms with Crippen LogP contribution in [0.15, 0.2) is 42.5 Å². The molecule has 1 aromatic heterocycles. The zero-order valence-corrected chi connectivity index (χ0v) is 20.5. The van der Waals surface area contributed by atoms with Crippen LogP contribution in [0.3, 0.4) is 0 Å². The highest BCUT2D eigenvalue weighted by molar-refractivity contribution is 6.42. The second-order valence-electron chi connectivity index (χ2n) is 7.57. The number of rotatable bonds is 6. The topological polar surface area (TPSA) is 69.0 Å². The number of aryl methyl sites for hydroxylation is 1. The standard InChI is InChI=1S/C24H21Cl3N4O2/c1-4-15-5-8-17(9-6-15)31-29-18-10-7-16(11-19(18)30-31)28-20(32)12-33-24-22(26)13(2)21(25)14(3)23(24)27/h5-11H,4,12H2,1-3H3,(H,28,32). The molecule has 9 heteroatoms. The lowest BCUT2D eigenvalue weighted by Gasteiger charge is -2.15. The van der Waals surface area contributed by atoms with Crippen molar-refractivity contribution < 1.29 is 9.53 Å². The van der Waals surface area contributed by atoms with E-state index < -0.39 is 0 Å². The molecule has 6 nitrogen and oxygen atoms in total. The summed E-state index contributed by atoms with van der Waals surface area (Å²) in [6.45, 7) is 5.37. The second-order valence-corrected chi connectivity index (χ2v) is 8.70. The maximum Gasteiger partial charge on any atom is 0.262 e. The summed E-state index contributed by atoms with van der Waals surface area (Å²) in [6, 6.07) is 13.4. The van der Waals surface area contributed by atoms with Crippen molar-refractivity contribution in [2.45, 2.75) is 27.2 Å². The van der Waals surface area contributed by atoms with Crippen LogP contribution in [-0.2, 0) is 11.2 Å². The van der Waals surface area contributed by atoms with Crippen molar-refractivity contribution in [2.24, 2.45) is 0 Å². The van der Waals surface area contributed by atoms with Gasteiger partial charge in [-0.2, -0.15) is 4.80 Å². The fourth-order valence-electron chi connectivity index (χ4n) is 3.35. The van der Waals surface area contributed by atoms with Gasteiger partial charge >= 0.3 is 0 Å². The van der Waals surface area contributed by atoms with Crippen molar-refractivity contribution in [1.82, 2.24) is 15.0 Å². The van der Waals surface area contributed by atoms with Crippen molar-refractivity contribution in [1.29, 1.82) is 0 Å². The van der Waals surface area contributed by atoms with Gasteiger partial charge in [-0.3, -0.25) is 4.79 Å². The van der Waals surface area contributed by atoms with Gasteiger partial charge in [0.1, 0.15) is 11.0 Å². The quantitative estimate of drug-likeness (QED) is 0.323. The zero-order valence-electron chi connectivity index (χ0n) is 18.2. The Morgan fingerprint density at radius 3 is 2.21 bits per heavy atom. The SMILES string of the molecule is CCc1ccc(-n2nc3ccc(NC(=O)COc4c(Cl)c(C)c(Cl)c(C)c4Cl)cc3n2)cc1. The van der Waals surface area contributed by atoms with Gasteiger partial charge in [0.2, 0.25) is 0 Å². The van der Waals surface area contributed by atoms with Gasteiger partial charge in [0, 0.05) is 10.7 Å². The summed E-state index contributed by atoms with van der Waals surface area (Å²) in [5, 5.41) is 12.9. The number of carbonyl (C=O) groups excluding carboxylic acids is 1. The third-order valence-corrected chi connectivity index (χ3v) is 6.78. The maximum atomic E-state index is 12.5. The van der Waals surface area contributed by atoms with Crippen LogP contribution in [0, 0.1) is 13.8 Å². The number of benzene rings is 3. The third kappa shape index (κ3) is 4.78. The molecule has 3 aromatic carbocycles. The Morgan fingerprint density at radius 2 is 1.58 bits per heavy atom. The Bertz CT molecular complexity index is 1320. The molecular weight excluding hydrogens is 483 g/mol. The molecule has 0 spiro atoms. The largest absolute Gasteiger partial charge is 0.481 e. The Hall–Kier alpha value is -2.80. The summed E-state index contributed by atoms with van der Waals surface area (Å²) in [4.78, 5) is 14.1. The molecule has 0 saturated carbocycles. The monoisotopic (exact) mass is 502 g/mol. The summed E-state index contributed by atoms with van der Waals surface area (Å²) in [5.74, 6) is -0.130. The zero-order chi connectivity index (χ0) is 23.7. The van der Waals surface area contributed by atoms with E-state index in [0.717, 1.165) is 17.6 Å². The summed E-state index contributed by atoms with van der Waals surface area (Å²) in [6.07, 6.45) is 0.969. The van der Waals surface area contributed by atoms with E-state index in [9.17, 15) is 4.79 Å². The first kappa shape index (κ1) is 23.4. The molecule has 0 aliphatic rings. The van der Waals surface area contributed by atoms with Crippen LogP contribution in [0.2, 0.25) is 15.1 Å². The number of nitrogens with one attached hydrogen (secondary N) is 1. The number of ether oxygens (including phenoxy) is 1. The molecule has 0 aliphatic heterocycles. The van der Waals surface area contributed by atoms with E-state index in [2.05, 4.69) is 34.6 Å². The van der Waals surface area contributed by atoms with E-state index >= 15 is 0 Å². The van der Waals surface area contributed by atoms with Crippen molar-refractivity contribution in [2.75, 3.05) is 11.9 Å². The van der Waals surface area contributed by atoms with Crippen LogP contribution < -0.4 is 10.1 Å². The van der Waals surface area contributed by atoms with E-state index in [4.69, 9.17) is 39.5 Å². The molecular formula is C24H21Cl3N4O2. The molecule has 0 bridgehead atoms. The van der Waals surface area contributed by atoms with Gasteiger partial charge < -0.3 is 10.1 Å². The minimum absolute atomic E-state index is 0.236. The van der Waals surface area contributed by atoms with E-state index in [-0.39, 0.29) is 28.3 Å². The van der Waals surface area contributed by atoms with Crippen molar-refractivity contribution in [3.05, 3.63) is 74.2 Å². The molecule has 33 heavy (non-hydrogen) atoms. The fourth-order valence-corrected chi connectivity index (χ4v) is 4.17. The van der Waals surface area contributed by atoms with E-state index in [1.165, 1.54) is 5.56 Å². The average Bonchev–Trinajstić information content (AvgIpc) is 3.25. The molecule has 0 atom stereocenters. The third-order valence-electron chi connectivity index (χ3n) is 5.30. The van der Waals surface area contributed by atoms with Crippen LogP contribution in [0.1, 0.15) is 23.6 Å².